The number of nitrogens with two attached hydrogens (primary N) is 1. The molecular weight excluding hydrogens is 369 g/mol. The third kappa shape index (κ3) is 3.69. The van der Waals surface area contributed by atoms with Crippen molar-refractivity contribution >= 4 is 34.7 Å². The summed E-state index contributed by atoms with van der Waals surface area (Å²) >= 11 is 12.2. The maximum absolute atomic E-state index is 12.5. The van der Waals surface area contributed by atoms with Gasteiger partial charge in [-0.1, -0.05) is 23.2 Å². The van der Waals surface area contributed by atoms with Gasteiger partial charge >= 0.3 is 0 Å². The number of ether oxygens (including phenoxy) is 1. The van der Waals surface area contributed by atoms with Crippen LogP contribution in [-0.4, -0.2) is 5.78 Å². The number of nitrogen functional groups attached to an aromatic ring is 1. The average Bonchev–Trinajstić information content (AvgIpc) is 2.64. The highest BCUT2D eigenvalue weighted by Crippen LogP contribution is 2.38. The first-order valence-corrected chi connectivity index (χ1v) is 8.76. The Morgan fingerprint density at radius 1 is 0.923 bits per heavy atom. The zero-order chi connectivity index (χ0) is 18.8. The summed E-state index contributed by atoms with van der Waals surface area (Å²) in [6.45, 7) is 3.73. The fourth-order valence-electron chi connectivity index (χ4n) is 2.56. The SMILES string of the molecule is Cc1cc(N)c(C)c(Cl)c1Oc1ccc(C(=O)c2ccc(Cl)cc2)cc1. The van der Waals surface area contributed by atoms with Crippen molar-refractivity contribution in [2.45, 2.75) is 13.8 Å². The van der Waals surface area contributed by atoms with Crippen LogP contribution in [0.15, 0.2) is 54.6 Å². The Balaban J connectivity index is 1.84. The van der Waals surface area contributed by atoms with Gasteiger partial charge in [-0.3, -0.25) is 4.79 Å². The molecule has 0 saturated carbocycles. The normalized spacial score (nSPS) is 10.6. The van der Waals surface area contributed by atoms with E-state index in [1.807, 2.05) is 19.9 Å². The lowest BCUT2D eigenvalue weighted by atomic mass is 10.0. The number of benzene rings is 3. The van der Waals surface area contributed by atoms with Crippen LogP contribution >= 0.6 is 23.2 Å². The largest absolute Gasteiger partial charge is 0.456 e. The number of hydrogen-bond acceptors (Lipinski definition) is 3. The van der Waals surface area contributed by atoms with Crippen molar-refractivity contribution in [3.8, 4) is 11.5 Å². The van der Waals surface area contributed by atoms with Crippen LogP contribution in [0.2, 0.25) is 10.0 Å². The van der Waals surface area contributed by atoms with E-state index in [9.17, 15) is 4.79 Å². The summed E-state index contributed by atoms with van der Waals surface area (Å²) in [4.78, 5) is 12.5. The number of carbonyl (C=O) groups is 1. The molecule has 0 saturated heterocycles. The molecule has 0 bridgehead atoms. The Morgan fingerprint density at radius 2 is 1.46 bits per heavy atom. The van der Waals surface area contributed by atoms with Crippen LogP contribution in [-0.2, 0) is 0 Å². The first kappa shape index (κ1) is 18.3. The van der Waals surface area contributed by atoms with E-state index in [0.717, 1.165) is 11.1 Å². The van der Waals surface area contributed by atoms with Gasteiger partial charge in [0.2, 0.25) is 0 Å². The molecule has 0 heterocycles. The van der Waals surface area contributed by atoms with Crippen molar-refractivity contribution in [1.82, 2.24) is 0 Å². The molecular formula is C21H17Cl2NO2. The van der Waals surface area contributed by atoms with Crippen LogP contribution in [0.1, 0.15) is 27.0 Å². The van der Waals surface area contributed by atoms with E-state index in [0.29, 0.717) is 38.4 Å². The molecule has 5 heteroatoms. The third-order valence-corrected chi connectivity index (χ3v) is 4.84. The average molecular weight is 386 g/mol. The van der Waals surface area contributed by atoms with E-state index in [-0.39, 0.29) is 5.78 Å². The van der Waals surface area contributed by atoms with Gasteiger partial charge in [0, 0.05) is 21.8 Å². The van der Waals surface area contributed by atoms with Gasteiger partial charge in [-0.05, 0) is 79.6 Å². The highest BCUT2D eigenvalue weighted by molar-refractivity contribution is 6.33. The highest BCUT2D eigenvalue weighted by atomic mass is 35.5. The van der Waals surface area contributed by atoms with Crippen molar-refractivity contribution in [3.05, 3.63) is 86.9 Å². The number of anilines is 1. The fraction of sp³-hybridized carbons (Fsp3) is 0.0952. The smallest absolute Gasteiger partial charge is 0.193 e. The molecule has 0 atom stereocenters. The Labute approximate surface area is 162 Å². The summed E-state index contributed by atoms with van der Waals surface area (Å²) in [5.74, 6) is 1.08. The molecule has 0 radical (unpaired) electrons. The predicted octanol–water partition coefficient (Wildman–Crippen LogP) is 6.22. The van der Waals surface area contributed by atoms with Gasteiger partial charge in [-0.2, -0.15) is 0 Å². The number of aryl methyl sites for hydroxylation is 1. The molecule has 3 nitrogen and oxygen atoms in total. The van der Waals surface area contributed by atoms with Crippen molar-refractivity contribution in [3.63, 3.8) is 0 Å². The molecule has 26 heavy (non-hydrogen) atoms. The number of carbonyl (C=O) groups excluding carboxylic acids is 1. The molecule has 0 unspecified atom stereocenters. The summed E-state index contributed by atoms with van der Waals surface area (Å²) in [6, 6.07) is 15.6. The first-order valence-electron chi connectivity index (χ1n) is 8.00. The molecule has 0 amide bonds. The third-order valence-electron chi connectivity index (χ3n) is 4.13. The Morgan fingerprint density at radius 3 is 2.04 bits per heavy atom. The van der Waals surface area contributed by atoms with Crippen LogP contribution < -0.4 is 10.5 Å². The number of halogens is 2. The van der Waals surface area contributed by atoms with Crippen molar-refractivity contribution < 1.29 is 9.53 Å². The second kappa shape index (κ2) is 7.40. The van der Waals surface area contributed by atoms with E-state index in [1.54, 1.807) is 48.5 Å². The molecule has 3 rings (SSSR count). The van der Waals surface area contributed by atoms with Gasteiger partial charge < -0.3 is 10.5 Å². The summed E-state index contributed by atoms with van der Waals surface area (Å²) in [5.41, 5.74) is 9.32. The van der Waals surface area contributed by atoms with Crippen LogP contribution in [0.25, 0.3) is 0 Å². The molecule has 132 valence electrons. The Kier molecular flexibility index (Phi) is 5.21. The first-order chi connectivity index (χ1) is 12.4. The van der Waals surface area contributed by atoms with Gasteiger partial charge in [-0.25, -0.2) is 0 Å². The van der Waals surface area contributed by atoms with E-state index in [2.05, 4.69) is 0 Å². The lowest BCUT2D eigenvalue weighted by molar-refractivity contribution is 0.103. The minimum atomic E-state index is -0.0780. The number of rotatable bonds is 4. The molecule has 0 aliphatic carbocycles. The van der Waals surface area contributed by atoms with E-state index < -0.39 is 0 Å². The van der Waals surface area contributed by atoms with Crippen molar-refractivity contribution in [1.29, 1.82) is 0 Å². The van der Waals surface area contributed by atoms with Gasteiger partial charge in [0.25, 0.3) is 0 Å². The van der Waals surface area contributed by atoms with Crippen LogP contribution in [0.5, 0.6) is 11.5 Å². The monoisotopic (exact) mass is 385 g/mol. The highest BCUT2D eigenvalue weighted by Gasteiger charge is 2.14. The standard InChI is InChI=1S/C21H17Cl2NO2/c1-12-11-18(24)13(2)19(23)21(12)26-17-9-5-15(6-10-17)20(25)14-3-7-16(22)8-4-14/h3-11H,24H2,1-2H3. The maximum Gasteiger partial charge on any atom is 0.193 e. The predicted molar refractivity (Wildman–Crippen MR) is 107 cm³/mol. The lowest BCUT2D eigenvalue weighted by Gasteiger charge is -2.14. The summed E-state index contributed by atoms with van der Waals surface area (Å²) in [5, 5.41) is 1.08. The molecule has 0 spiro atoms. The minimum Gasteiger partial charge on any atom is -0.456 e. The van der Waals surface area contributed by atoms with Gasteiger partial charge in [0.1, 0.15) is 11.5 Å². The van der Waals surface area contributed by atoms with Crippen molar-refractivity contribution in [2.24, 2.45) is 0 Å². The van der Waals surface area contributed by atoms with E-state index >= 15 is 0 Å². The van der Waals surface area contributed by atoms with Gasteiger partial charge in [-0.15, -0.1) is 0 Å². The minimum absolute atomic E-state index is 0.0780. The van der Waals surface area contributed by atoms with Gasteiger partial charge in [0.15, 0.2) is 5.78 Å². The van der Waals surface area contributed by atoms with E-state index in [4.69, 9.17) is 33.7 Å². The topological polar surface area (TPSA) is 52.3 Å². The molecule has 0 fully saturated rings. The Hall–Kier alpha value is -2.49. The van der Waals surface area contributed by atoms with E-state index in [1.165, 1.54) is 0 Å². The molecule has 0 aliphatic heterocycles. The summed E-state index contributed by atoms with van der Waals surface area (Å²) in [7, 11) is 0. The zero-order valence-corrected chi connectivity index (χ0v) is 15.9. The second-order valence-electron chi connectivity index (χ2n) is 6.01. The maximum atomic E-state index is 12.5. The summed E-state index contributed by atoms with van der Waals surface area (Å²) in [6.07, 6.45) is 0. The molecule has 0 aliphatic rings. The van der Waals surface area contributed by atoms with Crippen LogP contribution in [0, 0.1) is 13.8 Å². The van der Waals surface area contributed by atoms with Crippen LogP contribution in [0.3, 0.4) is 0 Å². The number of hydrogen-bond donors (Lipinski definition) is 1. The molecule has 3 aromatic carbocycles. The molecule has 2 N–H and O–H groups in total. The fourth-order valence-corrected chi connectivity index (χ4v) is 2.99. The molecule has 3 aromatic rings. The molecule has 0 aromatic heterocycles. The second-order valence-corrected chi connectivity index (χ2v) is 6.83. The number of ketones is 1. The lowest BCUT2D eigenvalue weighted by Crippen LogP contribution is -2.01. The zero-order valence-electron chi connectivity index (χ0n) is 14.3. The Bertz CT molecular complexity index is 965. The van der Waals surface area contributed by atoms with Crippen molar-refractivity contribution in [2.75, 3.05) is 5.73 Å². The van der Waals surface area contributed by atoms with Crippen LogP contribution in [0.4, 0.5) is 5.69 Å². The quantitative estimate of drug-likeness (QED) is 0.428. The van der Waals surface area contributed by atoms with Gasteiger partial charge in [0.05, 0.1) is 5.02 Å². The summed E-state index contributed by atoms with van der Waals surface area (Å²) < 4.78 is 5.92.